The lowest BCUT2D eigenvalue weighted by Crippen LogP contribution is -2.43. The summed E-state index contributed by atoms with van der Waals surface area (Å²) in [5.41, 5.74) is -2.59. The number of halogens is 6. The van der Waals surface area contributed by atoms with E-state index in [4.69, 9.17) is 18.9 Å². The largest absolute Gasteiger partial charge is 0.497 e. The predicted molar refractivity (Wildman–Crippen MR) is 218 cm³/mol. The minimum atomic E-state index is -5.12. The van der Waals surface area contributed by atoms with Gasteiger partial charge < -0.3 is 23.8 Å². The molecule has 2 atom stereocenters. The summed E-state index contributed by atoms with van der Waals surface area (Å²) in [6.07, 6.45) is -3.23. The number of hydrogen-bond donors (Lipinski definition) is 0. The molecule has 15 heteroatoms. The maximum Gasteiger partial charge on any atom is 0.417 e. The first kappa shape index (κ1) is 41.6. The zero-order valence-electron chi connectivity index (χ0n) is 33.7. The van der Waals surface area contributed by atoms with E-state index >= 15 is 22.0 Å². The van der Waals surface area contributed by atoms with Crippen molar-refractivity contribution in [1.29, 1.82) is 0 Å². The summed E-state index contributed by atoms with van der Waals surface area (Å²) in [4.78, 5) is 16.7. The fourth-order valence-electron chi connectivity index (χ4n) is 8.43. The minimum absolute atomic E-state index is 0.00752. The average Bonchev–Trinajstić information content (AvgIpc) is 3.79. The molecule has 0 bridgehead atoms. The van der Waals surface area contributed by atoms with E-state index in [0.717, 1.165) is 31.2 Å². The van der Waals surface area contributed by atoms with Gasteiger partial charge in [-0.3, -0.25) is 9.88 Å². The van der Waals surface area contributed by atoms with Gasteiger partial charge in [-0.1, -0.05) is 54.6 Å². The summed E-state index contributed by atoms with van der Waals surface area (Å²) >= 11 is 0. The van der Waals surface area contributed by atoms with E-state index in [-0.39, 0.29) is 62.2 Å². The van der Waals surface area contributed by atoms with E-state index in [1.165, 1.54) is 14.2 Å². The van der Waals surface area contributed by atoms with Crippen molar-refractivity contribution in [2.24, 2.45) is 0 Å². The second kappa shape index (κ2) is 17.1. The van der Waals surface area contributed by atoms with Crippen molar-refractivity contribution >= 4 is 16.6 Å². The molecular formula is C46H43F6N5O4. The lowest BCUT2D eigenvalue weighted by molar-refractivity contribution is -0.137. The van der Waals surface area contributed by atoms with Gasteiger partial charge in [0.1, 0.15) is 47.9 Å². The van der Waals surface area contributed by atoms with Crippen molar-refractivity contribution in [3.8, 4) is 34.6 Å². The second-order valence-corrected chi connectivity index (χ2v) is 15.4. The summed E-state index contributed by atoms with van der Waals surface area (Å²) < 4.78 is 117. The summed E-state index contributed by atoms with van der Waals surface area (Å²) in [6, 6.07) is 23.8. The molecule has 4 aromatic carbocycles. The summed E-state index contributed by atoms with van der Waals surface area (Å²) in [5, 5.41) is -0.0249. The van der Waals surface area contributed by atoms with Gasteiger partial charge in [-0.2, -0.15) is 23.1 Å². The fourth-order valence-corrected chi connectivity index (χ4v) is 8.43. The third kappa shape index (κ3) is 8.61. The number of ether oxygens (including phenoxy) is 4. The van der Waals surface area contributed by atoms with Crippen LogP contribution in [0.1, 0.15) is 47.1 Å². The molecule has 318 valence electrons. The Morgan fingerprint density at radius 1 is 0.836 bits per heavy atom. The van der Waals surface area contributed by atoms with Crippen molar-refractivity contribution < 1.29 is 45.3 Å². The molecule has 2 aliphatic rings. The van der Waals surface area contributed by atoms with Crippen LogP contribution in [-0.4, -0.2) is 65.5 Å². The lowest BCUT2D eigenvalue weighted by Gasteiger charge is -2.30. The number of fused-ring (bicyclic) bond motifs is 2. The van der Waals surface area contributed by atoms with Gasteiger partial charge in [0.25, 0.3) is 0 Å². The van der Waals surface area contributed by atoms with Crippen LogP contribution in [0.5, 0.6) is 23.4 Å². The normalized spacial score (nSPS) is 17.7. The maximum atomic E-state index is 17.2. The van der Waals surface area contributed by atoms with Crippen LogP contribution in [0.15, 0.2) is 91.1 Å². The topological polar surface area (TPSA) is 82.1 Å². The standard InChI is InChI=1S/C46H43F6N5O4/c1-28-38(46(50,51)52)35(20-37(39(28)48)56(23-29-10-14-33(58-2)15-11-29)24-30-12-16-34(59-3)17-13-30)41-40(49)42-36(22-53-41)43(60-26-31-8-5-4-6-9-31)55-44(54-42)61-27-45-18-7-19-57(45)25-32(47)21-45/h4-6,8-17,20,22,32H,7,18-19,21,23-27H2,1-3H3/t32-,45+/m1/s1. The second-order valence-electron chi connectivity index (χ2n) is 15.4. The number of hydrogen-bond acceptors (Lipinski definition) is 9. The van der Waals surface area contributed by atoms with Gasteiger partial charge in [0.05, 0.1) is 36.4 Å². The predicted octanol–water partition coefficient (Wildman–Crippen LogP) is 10.1. The number of methoxy groups -OCH3 is 2. The lowest BCUT2D eigenvalue weighted by atomic mass is 9.95. The highest BCUT2D eigenvalue weighted by Gasteiger charge is 2.49. The van der Waals surface area contributed by atoms with E-state index < -0.39 is 57.4 Å². The summed E-state index contributed by atoms with van der Waals surface area (Å²) in [7, 11) is 3.04. The van der Waals surface area contributed by atoms with Crippen LogP contribution in [0, 0.1) is 18.6 Å². The number of rotatable bonds is 14. The highest BCUT2D eigenvalue weighted by atomic mass is 19.4. The van der Waals surface area contributed by atoms with Crippen LogP contribution >= 0.6 is 0 Å². The number of aromatic nitrogens is 3. The molecule has 0 N–H and O–H groups in total. The molecule has 2 saturated heterocycles. The molecule has 6 aromatic rings. The molecule has 2 aliphatic heterocycles. The van der Waals surface area contributed by atoms with Crippen molar-refractivity contribution in [2.45, 2.75) is 63.8 Å². The first-order valence-corrected chi connectivity index (χ1v) is 19.8. The molecule has 0 unspecified atom stereocenters. The van der Waals surface area contributed by atoms with Crippen molar-refractivity contribution in [1.82, 2.24) is 19.9 Å². The van der Waals surface area contributed by atoms with Crippen molar-refractivity contribution in [2.75, 3.05) is 38.8 Å². The van der Waals surface area contributed by atoms with E-state index in [1.807, 2.05) is 35.2 Å². The molecule has 0 spiro atoms. The summed E-state index contributed by atoms with van der Waals surface area (Å²) in [5.74, 6) is -1.30. The maximum absolute atomic E-state index is 17.2. The smallest absolute Gasteiger partial charge is 0.417 e. The Bertz CT molecular complexity index is 2460. The zero-order chi connectivity index (χ0) is 42.9. The average molecular weight is 844 g/mol. The molecule has 0 radical (unpaired) electrons. The molecule has 0 amide bonds. The highest BCUT2D eigenvalue weighted by molar-refractivity contribution is 5.88. The Kier molecular flexibility index (Phi) is 11.7. The van der Waals surface area contributed by atoms with Crippen LogP contribution < -0.4 is 23.8 Å². The van der Waals surface area contributed by atoms with E-state index in [9.17, 15) is 4.39 Å². The first-order valence-electron chi connectivity index (χ1n) is 19.8. The molecule has 8 rings (SSSR count). The van der Waals surface area contributed by atoms with Crippen molar-refractivity contribution in [3.63, 3.8) is 0 Å². The summed E-state index contributed by atoms with van der Waals surface area (Å²) in [6.45, 7) is 2.13. The molecule has 9 nitrogen and oxygen atoms in total. The first-order chi connectivity index (χ1) is 29.4. The molecule has 2 aromatic heterocycles. The molecule has 2 fully saturated rings. The van der Waals surface area contributed by atoms with Crippen LogP contribution in [0.3, 0.4) is 0 Å². The molecule has 0 saturated carbocycles. The molecule has 0 aliphatic carbocycles. The fraction of sp³-hybridized carbons (Fsp3) is 0.326. The number of anilines is 1. The van der Waals surface area contributed by atoms with Crippen molar-refractivity contribution in [3.05, 3.63) is 131 Å². The molecule has 4 heterocycles. The van der Waals surface area contributed by atoms with Gasteiger partial charge in [0.15, 0.2) is 5.82 Å². The van der Waals surface area contributed by atoms with Crippen LogP contribution in [0.4, 0.5) is 32.0 Å². The number of alkyl halides is 4. The van der Waals surface area contributed by atoms with E-state index in [0.29, 0.717) is 35.6 Å². The SMILES string of the molecule is COc1ccc(CN(Cc2ccc(OC)cc2)c2cc(-c3ncc4c(OCc5ccccc5)nc(OC[C@@]56CCCN5C[C@H](F)C6)nc4c3F)c(C(F)(F)F)c(C)c2F)cc1. The van der Waals surface area contributed by atoms with Crippen LogP contribution in [0.2, 0.25) is 0 Å². The van der Waals surface area contributed by atoms with Gasteiger partial charge in [-0.15, -0.1) is 0 Å². The van der Waals surface area contributed by atoms with Gasteiger partial charge >= 0.3 is 12.2 Å². The number of nitrogens with zero attached hydrogens (tertiary/aromatic N) is 5. The number of benzene rings is 4. The van der Waals surface area contributed by atoms with Crippen LogP contribution in [-0.2, 0) is 25.9 Å². The van der Waals surface area contributed by atoms with Gasteiger partial charge in [0, 0.05) is 37.8 Å². The van der Waals surface area contributed by atoms with E-state index in [1.54, 1.807) is 53.4 Å². The third-order valence-corrected chi connectivity index (χ3v) is 11.5. The van der Waals surface area contributed by atoms with E-state index in [2.05, 4.69) is 15.0 Å². The minimum Gasteiger partial charge on any atom is -0.497 e. The molecule has 61 heavy (non-hydrogen) atoms. The third-order valence-electron chi connectivity index (χ3n) is 11.5. The quantitative estimate of drug-likeness (QED) is 0.0996. The highest BCUT2D eigenvalue weighted by Crippen LogP contribution is 2.45. The Labute approximate surface area is 348 Å². The molecular weight excluding hydrogens is 801 g/mol. The van der Waals surface area contributed by atoms with Gasteiger partial charge in [-0.05, 0) is 78.9 Å². The monoisotopic (exact) mass is 843 g/mol. The zero-order valence-corrected chi connectivity index (χ0v) is 33.7. The Hall–Kier alpha value is -6.09. The Morgan fingerprint density at radius 3 is 2.11 bits per heavy atom. The van der Waals surface area contributed by atoms with Crippen LogP contribution in [0.25, 0.3) is 22.2 Å². The number of pyridine rings is 1. The Balaban J connectivity index is 1.25. The van der Waals surface area contributed by atoms with Gasteiger partial charge in [-0.25, -0.2) is 13.2 Å². The van der Waals surface area contributed by atoms with Gasteiger partial charge in [0.2, 0.25) is 5.88 Å². The Morgan fingerprint density at radius 2 is 1.49 bits per heavy atom.